The minimum absolute atomic E-state index is 0.325. The first-order chi connectivity index (χ1) is 8.01. The number of hydrogen-bond acceptors (Lipinski definition) is 4. The molecule has 4 nitrogen and oxygen atoms in total. The molecule has 1 aromatic heterocycles. The molecule has 0 aliphatic heterocycles. The molecule has 4 heteroatoms. The summed E-state index contributed by atoms with van der Waals surface area (Å²) in [4.78, 5) is 8.41. The van der Waals surface area contributed by atoms with Gasteiger partial charge in [-0.15, -0.1) is 0 Å². The minimum atomic E-state index is 0.325. The quantitative estimate of drug-likeness (QED) is 0.848. The molecule has 0 bridgehead atoms. The standard InChI is InChI=1S/C13H20N4/c1-9(2)5-6-10(3)15-13-16-11(4)7-12(8-14)17-13/h7,9-10H,5-6H2,1-4H3,(H,15,16,17). The molecule has 1 rings (SSSR count). The number of anilines is 1. The fourth-order valence-electron chi connectivity index (χ4n) is 1.57. The molecule has 0 spiro atoms. The monoisotopic (exact) mass is 232 g/mol. The van der Waals surface area contributed by atoms with Gasteiger partial charge in [0.05, 0.1) is 0 Å². The van der Waals surface area contributed by atoms with Crippen LogP contribution in [0.4, 0.5) is 5.95 Å². The zero-order chi connectivity index (χ0) is 12.8. The molecule has 92 valence electrons. The molecule has 0 fully saturated rings. The molecule has 0 saturated carbocycles. The molecule has 0 radical (unpaired) electrons. The molecule has 17 heavy (non-hydrogen) atoms. The Morgan fingerprint density at radius 2 is 2.00 bits per heavy atom. The highest BCUT2D eigenvalue weighted by Gasteiger charge is 2.07. The zero-order valence-electron chi connectivity index (χ0n) is 11.0. The molecular weight excluding hydrogens is 212 g/mol. The molecule has 1 N–H and O–H groups in total. The van der Waals surface area contributed by atoms with E-state index in [-0.39, 0.29) is 0 Å². The largest absolute Gasteiger partial charge is 0.352 e. The van der Waals surface area contributed by atoms with Crippen LogP contribution in [0.1, 0.15) is 45.0 Å². The van der Waals surface area contributed by atoms with Crippen molar-refractivity contribution < 1.29 is 0 Å². The third-order valence-electron chi connectivity index (χ3n) is 2.52. The van der Waals surface area contributed by atoms with Crippen molar-refractivity contribution in [3.05, 3.63) is 17.5 Å². The molecule has 1 atom stereocenters. The fourth-order valence-corrected chi connectivity index (χ4v) is 1.57. The molecule has 1 unspecified atom stereocenters. The number of hydrogen-bond donors (Lipinski definition) is 1. The highest BCUT2D eigenvalue weighted by atomic mass is 15.1. The van der Waals surface area contributed by atoms with E-state index in [4.69, 9.17) is 5.26 Å². The average Bonchev–Trinajstić information content (AvgIpc) is 2.25. The first-order valence-electron chi connectivity index (χ1n) is 6.03. The van der Waals surface area contributed by atoms with E-state index in [0.717, 1.165) is 12.1 Å². The van der Waals surface area contributed by atoms with Gasteiger partial charge in [-0.2, -0.15) is 5.26 Å². The van der Waals surface area contributed by atoms with Crippen LogP contribution in [-0.4, -0.2) is 16.0 Å². The van der Waals surface area contributed by atoms with E-state index in [1.165, 1.54) is 6.42 Å². The number of nitriles is 1. The van der Waals surface area contributed by atoms with Crippen LogP contribution >= 0.6 is 0 Å². The maximum atomic E-state index is 8.83. The van der Waals surface area contributed by atoms with E-state index >= 15 is 0 Å². The summed E-state index contributed by atoms with van der Waals surface area (Å²) in [5.41, 5.74) is 1.23. The zero-order valence-corrected chi connectivity index (χ0v) is 11.0. The van der Waals surface area contributed by atoms with Crippen LogP contribution in [0, 0.1) is 24.2 Å². The summed E-state index contributed by atoms with van der Waals surface area (Å²) in [6.07, 6.45) is 2.25. The lowest BCUT2D eigenvalue weighted by Crippen LogP contribution is -2.18. The summed E-state index contributed by atoms with van der Waals surface area (Å²) in [5, 5.41) is 12.1. The van der Waals surface area contributed by atoms with Crippen LogP contribution in [0.15, 0.2) is 6.07 Å². The summed E-state index contributed by atoms with van der Waals surface area (Å²) in [6.45, 7) is 8.40. The molecule has 0 aromatic carbocycles. The van der Waals surface area contributed by atoms with Crippen molar-refractivity contribution >= 4 is 5.95 Å². The van der Waals surface area contributed by atoms with Gasteiger partial charge in [0, 0.05) is 11.7 Å². The van der Waals surface area contributed by atoms with Gasteiger partial charge in [0.15, 0.2) is 0 Å². The van der Waals surface area contributed by atoms with Crippen molar-refractivity contribution in [2.24, 2.45) is 5.92 Å². The Bertz CT molecular complexity index is 406. The van der Waals surface area contributed by atoms with Gasteiger partial charge in [0.1, 0.15) is 11.8 Å². The lowest BCUT2D eigenvalue weighted by atomic mass is 10.0. The summed E-state index contributed by atoms with van der Waals surface area (Å²) in [5.74, 6) is 1.25. The third kappa shape index (κ3) is 4.81. The van der Waals surface area contributed by atoms with Gasteiger partial charge in [-0.05, 0) is 38.7 Å². The Morgan fingerprint density at radius 1 is 1.29 bits per heavy atom. The number of aromatic nitrogens is 2. The smallest absolute Gasteiger partial charge is 0.224 e. The summed E-state index contributed by atoms with van der Waals surface area (Å²) < 4.78 is 0. The Balaban J connectivity index is 2.62. The van der Waals surface area contributed by atoms with Crippen molar-refractivity contribution in [3.8, 4) is 6.07 Å². The van der Waals surface area contributed by atoms with Gasteiger partial charge >= 0.3 is 0 Å². The van der Waals surface area contributed by atoms with Crippen LogP contribution in [0.25, 0.3) is 0 Å². The maximum absolute atomic E-state index is 8.83. The van der Waals surface area contributed by atoms with Crippen LogP contribution < -0.4 is 5.32 Å². The topological polar surface area (TPSA) is 61.6 Å². The maximum Gasteiger partial charge on any atom is 0.224 e. The first kappa shape index (κ1) is 13.4. The second-order valence-corrected chi connectivity index (χ2v) is 4.85. The molecule has 1 heterocycles. The highest BCUT2D eigenvalue weighted by molar-refractivity contribution is 5.33. The molecule has 1 aromatic rings. The van der Waals surface area contributed by atoms with Crippen molar-refractivity contribution in [3.63, 3.8) is 0 Å². The van der Waals surface area contributed by atoms with Crippen LogP contribution in [0.2, 0.25) is 0 Å². The van der Waals surface area contributed by atoms with Crippen molar-refractivity contribution in [1.29, 1.82) is 5.26 Å². The number of nitrogens with one attached hydrogen (secondary N) is 1. The number of nitrogens with zero attached hydrogens (tertiary/aromatic N) is 3. The Hall–Kier alpha value is -1.63. The van der Waals surface area contributed by atoms with Gasteiger partial charge in [-0.1, -0.05) is 13.8 Å². The SMILES string of the molecule is Cc1cc(C#N)nc(NC(C)CCC(C)C)n1. The molecule has 0 saturated heterocycles. The first-order valence-corrected chi connectivity index (χ1v) is 6.03. The van der Waals surface area contributed by atoms with Crippen LogP contribution in [-0.2, 0) is 0 Å². The minimum Gasteiger partial charge on any atom is -0.352 e. The molecule has 0 aliphatic carbocycles. The lowest BCUT2D eigenvalue weighted by molar-refractivity contribution is 0.526. The molecular formula is C13H20N4. The van der Waals surface area contributed by atoms with Gasteiger partial charge < -0.3 is 5.32 Å². The summed E-state index contributed by atoms with van der Waals surface area (Å²) in [6, 6.07) is 4.05. The average molecular weight is 232 g/mol. The fraction of sp³-hybridized carbons (Fsp3) is 0.615. The number of rotatable bonds is 5. The Morgan fingerprint density at radius 3 is 2.59 bits per heavy atom. The van der Waals surface area contributed by atoms with E-state index in [9.17, 15) is 0 Å². The van der Waals surface area contributed by atoms with Crippen molar-refractivity contribution in [1.82, 2.24) is 9.97 Å². The predicted molar refractivity (Wildman–Crippen MR) is 68.6 cm³/mol. The summed E-state index contributed by atoms with van der Waals surface area (Å²) >= 11 is 0. The van der Waals surface area contributed by atoms with E-state index < -0.39 is 0 Å². The van der Waals surface area contributed by atoms with Gasteiger partial charge in [-0.3, -0.25) is 0 Å². The van der Waals surface area contributed by atoms with Crippen LogP contribution in [0.3, 0.4) is 0 Å². The van der Waals surface area contributed by atoms with E-state index in [1.807, 2.05) is 13.0 Å². The Kier molecular flexibility index (Phi) is 4.89. The molecule has 0 amide bonds. The third-order valence-corrected chi connectivity index (χ3v) is 2.52. The summed E-state index contributed by atoms with van der Waals surface area (Å²) in [7, 11) is 0. The second kappa shape index (κ2) is 6.19. The van der Waals surface area contributed by atoms with Gasteiger partial charge in [0.25, 0.3) is 0 Å². The van der Waals surface area contributed by atoms with Gasteiger partial charge in [0.2, 0.25) is 5.95 Å². The van der Waals surface area contributed by atoms with E-state index in [0.29, 0.717) is 23.6 Å². The van der Waals surface area contributed by atoms with Gasteiger partial charge in [-0.25, -0.2) is 9.97 Å². The van der Waals surface area contributed by atoms with Crippen LogP contribution in [0.5, 0.6) is 0 Å². The number of aryl methyl sites for hydroxylation is 1. The Labute approximate surface area is 103 Å². The normalized spacial score (nSPS) is 12.2. The molecule has 0 aliphatic rings. The van der Waals surface area contributed by atoms with Crippen molar-refractivity contribution in [2.45, 2.75) is 46.6 Å². The lowest BCUT2D eigenvalue weighted by Gasteiger charge is -2.15. The highest BCUT2D eigenvalue weighted by Crippen LogP contribution is 2.11. The predicted octanol–water partition coefficient (Wildman–Crippen LogP) is 2.89. The van der Waals surface area contributed by atoms with Crippen molar-refractivity contribution in [2.75, 3.05) is 5.32 Å². The second-order valence-electron chi connectivity index (χ2n) is 4.85. The van der Waals surface area contributed by atoms with E-state index in [1.54, 1.807) is 6.07 Å². The van der Waals surface area contributed by atoms with E-state index in [2.05, 4.69) is 36.1 Å².